The monoisotopic (exact) mass is 401 g/mol. The summed E-state index contributed by atoms with van der Waals surface area (Å²) >= 11 is 0. The van der Waals surface area contributed by atoms with Crippen molar-refractivity contribution in [1.82, 2.24) is 5.32 Å². The number of hydrogen-bond donors (Lipinski definition) is 2. The molecule has 1 aliphatic carbocycles. The summed E-state index contributed by atoms with van der Waals surface area (Å²) in [5.41, 5.74) is 6.91. The Balaban J connectivity index is 0.00000220. The van der Waals surface area contributed by atoms with Gasteiger partial charge in [-0.15, -0.1) is 24.0 Å². The molecule has 1 fully saturated rings. The van der Waals surface area contributed by atoms with Crippen LogP contribution >= 0.6 is 24.0 Å². The van der Waals surface area contributed by atoms with Crippen molar-refractivity contribution in [2.24, 2.45) is 16.6 Å². The molecule has 0 aromatic heterocycles. The quantitative estimate of drug-likeness (QED) is 0.320. The largest absolute Gasteiger partial charge is 0.489 e. The number of nitrogens with two attached hydrogens (primary N) is 1. The van der Waals surface area contributed by atoms with Gasteiger partial charge in [0.2, 0.25) is 0 Å². The normalized spacial score (nSPS) is 14.8. The molecule has 0 bridgehead atoms. The fraction of sp³-hybridized carbons (Fsp3) is 0.438. The zero-order valence-electron chi connectivity index (χ0n) is 12.3. The number of halogens is 1. The maximum atomic E-state index is 5.88. The van der Waals surface area contributed by atoms with Crippen LogP contribution in [-0.2, 0) is 6.54 Å². The van der Waals surface area contributed by atoms with E-state index in [1.807, 2.05) is 24.3 Å². The summed E-state index contributed by atoms with van der Waals surface area (Å²) in [6.07, 6.45) is 5.68. The van der Waals surface area contributed by atoms with Gasteiger partial charge in [-0.25, -0.2) is 4.99 Å². The first-order valence-corrected chi connectivity index (χ1v) is 7.15. The minimum Gasteiger partial charge on any atom is -0.489 e. The van der Waals surface area contributed by atoms with Crippen LogP contribution in [0, 0.1) is 5.92 Å². The van der Waals surface area contributed by atoms with Crippen molar-refractivity contribution in [1.29, 1.82) is 0 Å². The van der Waals surface area contributed by atoms with E-state index < -0.39 is 0 Å². The number of guanidine groups is 1. The summed E-state index contributed by atoms with van der Waals surface area (Å²) in [5.74, 6) is 2.12. The summed E-state index contributed by atoms with van der Waals surface area (Å²) in [6, 6.07) is 7.86. The lowest BCUT2D eigenvalue weighted by Crippen LogP contribution is -2.37. The second-order valence-electron chi connectivity index (χ2n) is 5.09. The number of hydrogen-bond acceptors (Lipinski definition) is 2. The van der Waals surface area contributed by atoms with Crippen molar-refractivity contribution in [3.63, 3.8) is 0 Å². The van der Waals surface area contributed by atoms with Gasteiger partial charge in [0.05, 0.1) is 6.54 Å². The highest BCUT2D eigenvalue weighted by atomic mass is 127. The molecule has 0 atom stereocenters. The predicted molar refractivity (Wildman–Crippen MR) is 98.2 cm³/mol. The molecule has 1 aliphatic rings. The number of aliphatic imine (C=N–C) groups is 1. The molecule has 3 N–H and O–H groups in total. The van der Waals surface area contributed by atoms with E-state index in [4.69, 9.17) is 10.5 Å². The number of benzene rings is 1. The molecular weight excluding hydrogens is 377 g/mol. The molecule has 0 spiro atoms. The third kappa shape index (κ3) is 5.95. The van der Waals surface area contributed by atoms with Crippen LogP contribution in [0.2, 0.25) is 0 Å². The Kier molecular flexibility index (Phi) is 8.19. The van der Waals surface area contributed by atoms with Crippen molar-refractivity contribution >= 4 is 29.9 Å². The third-order valence-corrected chi connectivity index (χ3v) is 3.55. The van der Waals surface area contributed by atoms with Gasteiger partial charge in [-0.3, -0.25) is 0 Å². The lowest BCUT2D eigenvalue weighted by molar-refractivity contribution is 0.315. The first-order valence-electron chi connectivity index (χ1n) is 7.15. The van der Waals surface area contributed by atoms with E-state index in [9.17, 15) is 0 Å². The fourth-order valence-electron chi connectivity index (χ4n) is 2.10. The number of nitrogens with one attached hydrogen (secondary N) is 1. The first-order chi connectivity index (χ1) is 9.79. The van der Waals surface area contributed by atoms with Crippen LogP contribution in [-0.4, -0.2) is 19.1 Å². The molecule has 116 valence electrons. The van der Waals surface area contributed by atoms with Gasteiger partial charge in [-0.1, -0.05) is 37.3 Å². The van der Waals surface area contributed by atoms with E-state index in [1.165, 1.54) is 19.3 Å². The molecule has 1 aromatic carbocycles. The maximum absolute atomic E-state index is 5.88. The van der Waals surface area contributed by atoms with Gasteiger partial charge in [0.25, 0.3) is 0 Å². The van der Waals surface area contributed by atoms with Crippen LogP contribution in [0.25, 0.3) is 0 Å². The molecule has 0 radical (unpaired) electrons. The van der Waals surface area contributed by atoms with Gasteiger partial charge in [0.1, 0.15) is 12.4 Å². The Hall–Kier alpha value is -1.24. The lowest BCUT2D eigenvalue weighted by atomic mass is 9.85. The first kappa shape index (κ1) is 17.8. The van der Waals surface area contributed by atoms with Crippen LogP contribution in [0.5, 0.6) is 5.75 Å². The molecule has 0 heterocycles. The minimum atomic E-state index is 0. The van der Waals surface area contributed by atoms with Gasteiger partial charge >= 0.3 is 0 Å². The number of para-hydroxylation sites is 1. The highest BCUT2D eigenvalue weighted by molar-refractivity contribution is 14.0. The molecule has 5 heteroatoms. The summed E-state index contributed by atoms with van der Waals surface area (Å²) in [5, 5.41) is 3.19. The molecule has 21 heavy (non-hydrogen) atoms. The van der Waals surface area contributed by atoms with Crippen molar-refractivity contribution in [3.05, 3.63) is 42.5 Å². The Morgan fingerprint density at radius 2 is 2.19 bits per heavy atom. The molecule has 4 nitrogen and oxygen atoms in total. The maximum Gasteiger partial charge on any atom is 0.188 e. The van der Waals surface area contributed by atoms with Crippen LogP contribution in [0.15, 0.2) is 41.9 Å². The summed E-state index contributed by atoms with van der Waals surface area (Å²) in [7, 11) is 0. The third-order valence-electron chi connectivity index (χ3n) is 3.55. The minimum absolute atomic E-state index is 0. The Bertz CT molecular complexity index is 472. The van der Waals surface area contributed by atoms with E-state index in [1.54, 1.807) is 6.08 Å². The van der Waals surface area contributed by atoms with Gasteiger partial charge in [0.15, 0.2) is 5.96 Å². The van der Waals surface area contributed by atoms with Crippen molar-refractivity contribution < 1.29 is 4.74 Å². The van der Waals surface area contributed by atoms with Crippen molar-refractivity contribution in [3.8, 4) is 5.75 Å². The molecule has 0 unspecified atom stereocenters. The number of rotatable bonds is 7. The molecule has 0 amide bonds. The smallest absolute Gasteiger partial charge is 0.188 e. The average molecular weight is 401 g/mol. The van der Waals surface area contributed by atoms with E-state index in [0.717, 1.165) is 23.8 Å². The topological polar surface area (TPSA) is 59.6 Å². The molecule has 1 saturated carbocycles. The van der Waals surface area contributed by atoms with E-state index in [2.05, 4.69) is 16.9 Å². The molecule has 2 rings (SSSR count). The lowest BCUT2D eigenvalue weighted by Gasteiger charge is -2.25. The van der Waals surface area contributed by atoms with E-state index in [0.29, 0.717) is 19.1 Å². The van der Waals surface area contributed by atoms with E-state index in [-0.39, 0.29) is 24.0 Å². The van der Waals surface area contributed by atoms with E-state index >= 15 is 0 Å². The van der Waals surface area contributed by atoms with Crippen molar-refractivity contribution in [2.45, 2.75) is 25.8 Å². The highest BCUT2D eigenvalue weighted by Crippen LogP contribution is 2.25. The standard InChI is InChI=1S/C16H23N3O.HI/c1-2-10-20-15-9-4-3-8-14(15)12-19-16(17)18-11-13-6-5-7-13;/h2-4,8-9,13H,1,5-7,10-12H2,(H3,17,18,19);1H. The van der Waals surface area contributed by atoms with Gasteiger partial charge in [-0.05, 0) is 24.8 Å². The molecule has 0 aliphatic heterocycles. The van der Waals surface area contributed by atoms with Crippen LogP contribution < -0.4 is 15.8 Å². The highest BCUT2D eigenvalue weighted by Gasteiger charge is 2.16. The molecule has 1 aromatic rings. The molecular formula is C16H24IN3O. The zero-order chi connectivity index (χ0) is 14.2. The van der Waals surface area contributed by atoms with Crippen LogP contribution in [0.3, 0.4) is 0 Å². The predicted octanol–water partition coefficient (Wildman–Crippen LogP) is 3.07. The number of ether oxygens (including phenoxy) is 1. The van der Waals surface area contributed by atoms with Crippen LogP contribution in [0.4, 0.5) is 0 Å². The second-order valence-corrected chi connectivity index (χ2v) is 5.09. The summed E-state index contributed by atoms with van der Waals surface area (Å²) < 4.78 is 5.59. The molecule has 0 saturated heterocycles. The van der Waals surface area contributed by atoms with Crippen molar-refractivity contribution in [2.75, 3.05) is 13.2 Å². The Morgan fingerprint density at radius 3 is 2.86 bits per heavy atom. The number of nitrogens with zero attached hydrogens (tertiary/aromatic N) is 1. The van der Waals surface area contributed by atoms with Crippen LogP contribution in [0.1, 0.15) is 24.8 Å². The summed E-state index contributed by atoms with van der Waals surface area (Å²) in [6.45, 7) is 5.61. The fourth-order valence-corrected chi connectivity index (χ4v) is 2.10. The SMILES string of the molecule is C=CCOc1ccccc1CN=C(N)NCC1CCC1.I. The Labute approximate surface area is 143 Å². The summed E-state index contributed by atoms with van der Waals surface area (Å²) in [4.78, 5) is 4.37. The van der Waals surface area contributed by atoms with Gasteiger partial charge in [0, 0.05) is 12.1 Å². The van der Waals surface area contributed by atoms with Gasteiger partial charge < -0.3 is 15.8 Å². The van der Waals surface area contributed by atoms with Gasteiger partial charge in [-0.2, -0.15) is 0 Å². The average Bonchev–Trinajstić information content (AvgIpc) is 2.42. The second kappa shape index (κ2) is 9.65. The Morgan fingerprint density at radius 1 is 1.43 bits per heavy atom. The zero-order valence-corrected chi connectivity index (χ0v) is 14.6.